The Morgan fingerprint density at radius 2 is 1.73 bits per heavy atom. The molecule has 4 nitrogen and oxygen atoms in total. The summed E-state index contributed by atoms with van der Waals surface area (Å²) in [7, 11) is 0. The van der Waals surface area contributed by atoms with E-state index < -0.39 is 0 Å². The van der Waals surface area contributed by atoms with Crippen molar-refractivity contribution < 1.29 is 8.81 Å². The van der Waals surface area contributed by atoms with Gasteiger partial charge >= 0.3 is 0 Å². The summed E-state index contributed by atoms with van der Waals surface area (Å²) in [6, 6.07) is 14.2. The zero-order chi connectivity index (χ0) is 15.4. The average Bonchev–Trinajstić information content (AvgIpc) is 3.02. The molecule has 0 aliphatic carbocycles. The summed E-state index contributed by atoms with van der Waals surface area (Å²) in [5.74, 6) is 0.562. The first kappa shape index (κ1) is 14.4. The van der Waals surface area contributed by atoms with Gasteiger partial charge in [0, 0.05) is 18.5 Å². The number of aryl methyl sites for hydroxylation is 2. The van der Waals surface area contributed by atoms with E-state index in [1.165, 1.54) is 17.7 Å². The van der Waals surface area contributed by atoms with Crippen LogP contribution in [0, 0.1) is 5.82 Å². The largest absolute Gasteiger partial charge is 0.421 e. The lowest BCUT2D eigenvalue weighted by molar-refractivity contribution is 0.504. The van der Waals surface area contributed by atoms with Gasteiger partial charge in [-0.15, -0.1) is 10.2 Å². The van der Waals surface area contributed by atoms with Gasteiger partial charge in [0.25, 0.3) is 0 Å². The molecule has 0 unspecified atom stereocenters. The second-order valence-corrected chi connectivity index (χ2v) is 5.03. The van der Waals surface area contributed by atoms with Crippen LogP contribution in [-0.4, -0.2) is 10.2 Å². The Morgan fingerprint density at radius 3 is 2.45 bits per heavy atom. The normalized spacial score (nSPS) is 10.8. The first-order valence-corrected chi connectivity index (χ1v) is 7.11. The minimum absolute atomic E-state index is 0.322. The number of nitrogens with two attached hydrogens (primary N) is 1. The van der Waals surface area contributed by atoms with Crippen molar-refractivity contribution in [2.24, 2.45) is 5.73 Å². The number of hydrogen-bond acceptors (Lipinski definition) is 4. The van der Waals surface area contributed by atoms with Crippen LogP contribution in [0.3, 0.4) is 0 Å². The predicted octanol–water partition coefficient (Wildman–Crippen LogP) is 3.12. The first-order chi connectivity index (χ1) is 10.7. The average molecular weight is 297 g/mol. The van der Waals surface area contributed by atoms with E-state index in [0.717, 1.165) is 12.0 Å². The van der Waals surface area contributed by atoms with Crippen LogP contribution >= 0.6 is 0 Å². The second kappa shape index (κ2) is 6.49. The molecule has 0 atom stereocenters. The summed E-state index contributed by atoms with van der Waals surface area (Å²) in [5.41, 5.74) is 8.45. The third kappa shape index (κ3) is 3.38. The van der Waals surface area contributed by atoms with Crippen LogP contribution in [0.25, 0.3) is 11.5 Å². The van der Waals surface area contributed by atoms with Crippen LogP contribution in [0.2, 0.25) is 0 Å². The van der Waals surface area contributed by atoms with Crippen molar-refractivity contribution in [2.75, 3.05) is 0 Å². The predicted molar refractivity (Wildman–Crippen MR) is 81.4 cm³/mol. The maximum Gasteiger partial charge on any atom is 0.247 e. The highest BCUT2D eigenvalue weighted by atomic mass is 19.1. The lowest BCUT2D eigenvalue weighted by atomic mass is 10.1. The Balaban J connectivity index is 1.66. The van der Waals surface area contributed by atoms with Crippen LogP contribution in [0.5, 0.6) is 0 Å². The molecule has 0 aliphatic rings. The minimum atomic E-state index is -0.322. The molecule has 0 radical (unpaired) electrons. The lowest BCUT2D eigenvalue weighted by Crippen LogP contribution is -1.97. The summed E-state index contributed by atoms with van der Waals surface area (Å²) >= 11 is 0. The molecule has 22 heavy (non-hydrogen) atoms. The first-order valence-electron chi connectivity index (χ1n) is 7.11. The van der Waals surface area contributed by atoms with E-state index in [1.54, 1.807) is 12.1 Å². The van der Waals surface area contributed by atoms with E-state index in [2.05, 4.69) is 10.2 Å². The highest BCUT2D eigenvalue weighted by Gasteiger charge is 2.09. The topological polar surface area (TPSA) is 64.9 Å². The Labute approximate surface area is 127 Å². The minimum Gasteiger partial charge on any atom is -0.421 e. The number of halogens is 1. The summed E-state index contributed by atoms with van der Waals surface area (Å²) in [4.78, 5) is 0. The molecule has 2 N–H and O–H groups in total. The number of aromatic nitrogens is 2. The fourth-order valence-electron chi connectivity index (χ4n) is 2.19. The molecule has 5 heteroatoms. The Morgan fingerprint density at radius 1 is 0.955 bits per heavy atom. The SMILES string of the molecule is NCc1ccc(CCc2nnc(-c3cccc(F)c3)o2)cc1. The maximum atomic E-state index is 13.2. The van der Waals surface area contributed by atoms with Gasteiger partial charge in [-0.25, -0.2) is 4.39 Å². The van der Waals surface area contributed by atoms with Crippen LogP contribution in [-0.2, 0) is 19.4 Å². The van der Waals surface area contributed by atoms with Crippen LogP contribution in [0.15, 0.2) is 52.9 Å². The van der Waals surface area contributed by atoms with Gasteiger partial charge in [-0.1, -0.05) is 30.3 Å². The molecule has 0 fully saturated rings. The van der Waals surface area contributed by atoms with Crippen LogP contribution in [0.4, 0.5) is 4.39 Å². The molecule has 112 valence electrons. The molecule has 3 rings (SSSR count). The molecule has 0 saturated carbocycles. The van der Waals surface area contributed by atoms with Gasteiger partial charge < -0.3 is 10.2 Å². The molecule has 0 amide bonds. The lowest BCUT2D eigenvalue weighted by Gasteiger charge is -2.00. The van der Waals surface area contributed by atoms with E-state index in [0.29, 0.717) is 30.3 Å². The highest BCUT2D eigenvalue weighted by Crippen LogP contribution is 2.19. The van der Waals surface area contributed by atoms with Crippen LogP contribution < -0.4 is 5.73 Å². The van der Waals surface area contributed by atoms with Gasteiger partial charge in [0.05, 0.1) is 0 Å². The van der Waals surface area contributed by atoms with E-state index >= 15 is 0 Å². The fourth-order valence-corrected chi connectivity index (χ4v) is 2.19. The van der Waals surface area contributed by atoms with Crippen molar-refractivity contribution in [3.05, 3.63) is 71.4 Å². The molecule has 2 aromatic carbocycles. The van der Waals surface area contributed by atoms with Crippen molar-refractivity contribution >= 4 is 0 Å². The molecule has 0 saturated heterocycles. The van der Waals surface area contributed by atoms with Crippen LogP contribution in [0.1, 0.15) is 17.0 Å². The third-order valence-electron chi connectivity index (χ3n) is 3.42. The number of nitrogens with zero attached hydrogens (tertiary/aromatic N) is 2. The zero-order valence-corrected chi connectivity index (χ0v) is 12.0. The molecule has 0 spiro atoms. The molecular weight excluding hydrogens is 281 g/mol. The van der Waals surface area contributed by atoms with Gasteiger partial charge in [-0.2, -0.15) is 0 Å². The van der Waals surface area contributed by atoms with Gasteiger partial charge in [-0.3, -0.25) is 0 Å². The molecule has 1 heterocycles. The van der Waals surface area contributed by atoms with Crippen molar-refractivity contribution in [1.29, 1.82) is 0 Å². The number of rotatable bonds is 5. The maximum absolute atomic E-state index is 13.2. The zero-order valence-electron chi connectivity index (χ0n) is 12.0. The monoisotopic (exact) mass is 297 g/mol. The number of benzene rings is 2. The molecule has 1 aromatic heterocycles. The summed E-state index contributed by atoms with van der Waals surface area (Å²) in [6.07, 6.45) is 1.44. The van der Waals surface area contributed by atoms with Gasteiger partial charge in [0.1, 0.15) is 5.82 Å². The highest BCUT2D eigenvalue weighted by molar-refractivity contribution is 5.52. The van der Waals surface area contributed by atoms with E-state index in [1.807, 2.05) is 24.3 Å². The molecule has 0 aliphatic heterocycles. The second-order valence-electron chi connectivity index (χ2n) is 5.03. The summed E-state index contributed by atoms with van der Waals surface area (Å²) in [5, 5.41) is 7.98. The Hall–Kier alpha value is -2.53. The van der Waals surface area contributed by atoms with Crippen molar-refractivity contribution in [2.45, 2.75) is 19.4 Å². The smallest absolute Gasteiger partial charge is 0.247 e. The Bertz CT molecular complexity index is 753. The number of hydrogen-bond donors (Lipinski definition) is 1. The van der Waals surface area contributed by atoms with Crippen molar-refractivity contribution in [3.63, 3.8) is 0 Å². The third-order valence-corrected chi connectivity index (χ3v) is 3.42. The summed E-state index contributed by atoms with van der Waals surface area (Å²) < 4.78 is 18.8. The standard InChI is InChI=1S/C17H16FN3O/c18-15-3-1-2-14(10-15)17-21-20-16(22-17)9-8-12-4-6-13(11-19)7-5-12/h1-7,10H,8-9,11,19H2. The molecule has 3 aromatic rings. The molecule has 0 bridgehead atoms. The van der Waals surface area contributed by atoms with Gasteiger partial charge in [0.2, 0.25) is 11.8 Å². The van der Waals surface area contributed by atoms with Gasteiger partial charge in [-0.05, 0) is 35.7 Å². The fraction of sp³-hybridized carbons (Fsp3) is 0.176. The van der Waals surface area contributed by atoms with Crippen molar-refractivity contribution in [3.8, 4) is 11.5 Å². The Kier molecular flexibility index (Phi) is 4.25. The van der Waals surface area contributed by atoms with Gasteiger partial charge in [0.15, 0.2) is 0 Å². The molecular formula is C17H16FN3O. The van der Waals surface area contributed by atoms with Crippen molar-refractivity contribution in [1.82, 2.24) is 10.2 Å². The van der Waals surface area contributed by atoms with E-state index in [4.69, 9.17) is 10.2 Å². The van der Waals surface area contributed by atoms with E-state index in [-0.39, 0.29) is 5.82 Å². The quantitative estimate of drug-likeness (QED) is 0.786. The van der Waals surface area contributed by atoms with E-state index in [9.17, 15) is 4.39 Å². The summed E-state index contributed by atoms with van der Waals surface area (Å²) in [6.45, 7) is 0.543.